The number of nitrogens with one attached hydrogen (secondary N) is 2. The maximum atomic E-state index is 10.6. The molecule has 0 bridgehead atoms. The Labute approximate surface area is 142 Å². The molecular weight excluding hydrogens is 304 g/mol. The maximum absolute atomic E-state index is 10.6. The number of piperidine rings is 1. The smallest absolute Gasteiger partial charge is 0.328 e. The first-order valence-electron chi connectivity index (χ1n) is 8.87. The molecule has 3 rings (SSSR count). The van der Waals surface area contributed by atoms with Crippen LogP contribution in [0.1, 0.15) is 50.6 Å². The lowest BCUT2D eigenvalue weighted by Gasteiger charge is -2.40. The molecule has 0 radical (unpaired) electrons. The van der Waals surface area contributed by atoms with E-state index in [4.69, 9.17) is 5.11 Å². The Hall–Kier alpha value is -1.95. The third kappa shape index (κ3) is 4.54. The van der Waals surface area contributed by atoms with Crippen LogP contribution in [0.5, 0.6) is 0 Å². The van der Waals surface area contributed by atoms with Crippen molar-refractivity contribution >= 4 is 17.9 Å². The van der Waals surface area contributed by atoms with E-state index in [1.165, 1.54) is 44.6 Å². The molecule has 1 atom stereocenters. The van der Waals surface area contributed by atoms with Crippen molar-refractivity contribution in [2.24, 2.45) is 5.92 Å². The van der Waals surface area contributed by atoms with Gasteiger partial charge in [0.1, 0.15) is 5.82 Å². The Morgan fingerprint density at radius 3 is 2.79 bits per heavy atom. The molecule has 24 heavy (non-hydrogen) atoms. The summed E-state index contributed by atoms with van der Waals surface area (Å²) in [7, 11) is 0. The largest absolute Gasteiger partial charge is 0.478 e. The molecule has 2 heterocycles. The van der Waals surface area contributed by atoms with Gasteiger partial charge in [-0.25, -0.2) is 9.78 Å². The van der Waals surface area contributed by atoms with Crippen molar-refractivity contribution in [3.05, 3.63) is 24.2 Å². The summed E-state index contributed by atoms with van der Waals surface area (Å²) in [6.45, 7) is 2.05. The first kappa shape index (κ1) is 16.9. The Kier molecular flexibility index (Phi) is 5.45. The third-order valence-corrected chi connectivity index (χ3v) is 5.09. The van der Waals surface area contributed by atoms with Gasteiger partial charge in [0.15, 0.2) is 0 Å². The van der Waals surface area contributed by atoms with Crippen molar-refractivity contribution in [1.82, 2.24) is 15.3 Å². The topological polar surface area (TPSA) is 87.1 Å². The molecule has 130 valence electrons. The standard InChI is InChI=1S/C18H26N4O2/c23-17(24)7-6-15-11-21-16(12-20-15)22-18(8-3-9-19-13-18)10-14-4-1-2-5-14/h6-7,11-12,14,19H,1-5,8-10,13H2,(H,21,22)(H,23,24)/b7-6+/t18-/m1/s1. The molecule has 0 aromatic carbocycles. The number of carboxylic acid groups (broad SMARTS) is 1. The fraction of sp³-hybridized carbons (Fsp3) is 0.611. The zero-order chi connectivity index (χ0) is 16.8. The van der Waals surface area contributed by atoms with Gasteiger partial charge in [-0.1, -0.05) is 25.7 Å². The van der Waals surface area contributed by atoms with E-state index >= 15 is 0 Å². The molecule has 1 aromatic heterocycles. The molecule has 2 aliphatic rings. The van der Waals surface area contributed by atoms with Crippen molar-refractivity contribution in [1.29, 1.82) is 0 Å². The van der Waals surface area contributed by atoms with E-state index in [0.29, 0.717) is 5.69 Å². The molecule has 3 N–H and O–H groups in total. The van der Waals surface area contributed by atoms with Crippen LogP contribution in [-0.2, 0) is 4.79 Å². The average Bonchev–Trinajstić information content (AvgIpc) is 3.07. The summed E-state index contributed by atoms with van der Waals surface area (Å²) in [5.41, 5.74) is 0.606. The van der Waals surface area contributed by atoms with Gasteiger partial charge in [-0.2, -0.15) is 0 Å². The zero-order valence-electron chi connectivity index (χ0n) is 14.0. The van der Waals surface area contributed by atoms with E-state index < -0.39 is 5.97 Å². The minimum Gasteiger partial charge on any atom is -0.478 e. The molecule has 1 saturated heterocycles. The van der Waals surface area contributed by atoms with E-state index in [1.807, 2.05) is 0 Å². The average molecular weight is 330 g/mol. The van der Waals surface area contributed by atoms with Crippen LogP contribution in [0.15, 0.2) is 18.5 Å². The molecular formula is C18H26N4O2. The first-order chi connectivity index (χ1) is 11.7. The summed E-state index contributed by atoms with van der Waals surface area (Å²) in [5, 5.41) is 15.8. The van der Waals surface area contributed by atoms with Crippen molar-refractivity contribution in [3.63, 3.8) is 0 Å². The van der Waals surface area contributed by atoms with Crippen LogP contribution >= 0.6 is 0 Å². The lowest BCUT2D eigenvalue weighted by atomic mass is 9.81. The number of aromatic nitrogens is 2. The lowest BCUT2D eigenvalue weighted by molar-refractivity contribution is -0.131. The number of hydrogen-bond donors (Lipinski definition) is 3. The number of rotatable bonds is 6. The van der Waals surface area contributed by atoms with Gasteiger partial charge in [0.25, 0.3) is 0 Å². The predicted octanol–water partition coefficient (Wildman–Crippen LogP) is 2.69. The van der Waals surface area contributed by atoms with E-state index in [0.717, 1.165) is 37.3 Å². The molecule has 1 aromatic rings. The minimum atomic E-state index is -0.984. The summed E-state index contributed by atoms with van der Waals surface area (Å²) in [6, 6.07) is 0. The third-order valence-electron chi connectivity index (χ3n) is 5.09. The fourth-order valence-electron chi connectivity index (χ4n) is 3.98. The molecule has 6 nitrogen and oxygen atoms in total. The van der Waals surface area contributed by atoms with Crippen LogP contribution in [0.25, 0.3) is 6.08 Å². The van der Waals surface area contributed by atoms with Gasteiger partial charge in [-0.15, -0.1) is 0 Å². The van der Waals surface area contributed by atoms with Crippen LogP contribution in [0, 0.1) is 5.92 Å². The van der Waals surface area contributed by atoms with Crippen molar-refractivity contribution in [2.75, 3.05) is 18.4 Å². The minimum absolute atomic E-state index is 0.0559. The number of carboxylic acids is 1. The van der Waals surface area contributed by atoms with Gasteiger partial charge in [-0.05, 0) is 37.8 Å². The number of anilines is 1. The van der Waals surface area contributed by atoms with Crippen molar-refractivity contribution in [3.8, 4) is 0 Å². The molecule has 0 amide bonds. The highest BCUT2D eigenvalue weighted by atomic mass is 16.4. The van der Waals surface area contributed by atoms with Crippen LogP contribution in [-0.4, -0.2) is 39.7 Å². The normalized spacial score (nSPS) is 25.2. The number of carbonyl (C=O) groups is 1. The van der Waals surface area contributed by atoms with Gasteiger partial charge in [0, 0.05) is 12.6 Å². The van der Waals surface area contributed by atoms with Gasteiger partial charge in [0.05, 0.1) is 23.6 Å². The molecule has 0 unspecified atom stereocenters. The van der Waals surface area contributed by atoms with Gasteiger partial charge in [0.2, 0.25) is 0 Å². The fourth-order valence-corrected chi connectivity index (χ4v) is 3.98. The van der Waals surface area contributed by atoms with Gasteiger partial charge < -0.3 is 15.7 Å². The summed E-state index contributed by atoms with van der Waals surface area (Å²) < 4.78 is 0. The molecule has 1 saturated carbocycles. The summed E-state index contributed by atoms with van der Waals surface area (Å²) in [5.74, 6) is 0.593. The lowest BCUT2D eigenvalue weighted by Crippen LogP contribution is -2.52. The highest BCUT2D eigenvalue weighted by molar-refractivity contribution is 5.84. The van der Waals surface area contributed by atoms with Crippen LogP contribution < -0.4 is 10.6 Å². The second-order valence-electron chi connectivity index (χ2n) is 7.04. The van der Waals surface area contributed by atoms with Crippen molar-refractivity contribution < 1.29 is 9.90 Å². The Morgan fingerprint density at radius 2 is 2.17 bits per heavy atom. The highest BCUT2D eigenvalue weighted by Crippen LogP contribution is 2.36. The zero-order valence-corrected chi connectivity index (χ0v) is 14.0. The molecule has 0 spiro atoms. The van der Waals surface area contributed by atoms with Crippen LogP contribution in [0.3, 0.4) is 0 Å². The first-order valence-corrected chi connectivity index (χ1v) is 8.87. The van der Waals surface area contributed by atoms with Crippen molar-refractivity contribution in [2.45, 2.75) is 50.5 Å². The van der Waals surface area contributed by atoms with E-state index in [-0.39, 0.29) is 5.54 Å². The van der Waals surface area contributed by atoms with Gasteiger partial charge in [-0.3, -0.25) is 4.98 Å². The Morgan fingerprint density at radius 1 is 1.33 bits per heavy atom. The summed E-state index contributed by atoms with van der Waals surface area (Å²) in [4.78, 5) is 19.3. The van der Waals surface area contributed by atoms with Crippen LogP contribution in [0.2, 0.25) is 0 Å². The monoisotopic (exact) mass is 330 g/mol. The Balaban J connectivity index is 1.68. The number of aliphatic carboxylic acids is 1. The number of hydrogen-bond acceptors (Lipinski definition) is 5. The molecule has 1 aliphatic heterocycles. The highest BCUT2D eigenvalue weighted by Gasteiger charge is 2.35. The summed E-state index contributed by atoms with van der Waals surface area (Å²) in [6.07, 6.45) is 14.8. The second kappa shape index (κ2) is 7.75. The SMILES string of the molecule is O=C(O)/C=C/c1cnc(N[C@@]2(CC3CCCC3)CCCNC2)cn1. The molecule has 2 fully saturated rings. The molecule has 1 aliphatic carbocycles. The summed E-state index contributed by atoms with van der Waals surface area (Å²) >= 11 is 0. The van der Waals surface area contributed by atoms with Crippen LogP contribution in [0.4, 0.5) is 5.82 Å². The molecule has 6 heteroatoms. The second-order valence-corrected chi connectivity index (χ2v) is 7.04. The van der Waals surface area contributed by atoms with E-state index in [9.17, 15) is 4.79 Å². The number of nitrogens with zero attached hydrogens (tertiary/aromatic N) is 2. The van der Waals surface area contributed by atoms with Gasteiger partial charge >= 0.3 is 5.97 Å². The predicted molar refractivity (Wildman–Crippen MR) is 93.7 cm³/mol. The Bertz CT molecular complexity index is 573. The van der Waals surface area contributed by atoms with E-state index in [2.05, 4.69) is 20.6 Å². The maximum Gasteiger partial charge on any atom is 0.328 e. The van der Waals surface area contributed by atoms with E-state index in [1.54, 1.807) is 12.4 Å². The quantitative estimate of drug-likeness (QED) is 0.695.